The number of benzene rings is 2. The maximum atomic E-state index is 5.45. The van der Waals surface area contributed by atoms with Crippen LogP contribution in [0.1, 0.15) is 11.4 Å². The van der Waals surface area contributed by atoms with Crippen LogP contribution in [-0.4, -0.2) is 51.4 Å². The highest BCUT2D eigenvalue weighted by atomic mass is 16.5. The predicted octanol–water partition coefficient (Wildman–Crippen LogP) is 2.38. The minimum Gasteiger partial charge on any atom is -0.378 e. The molecule has 0 radical (unpaired) electrons. The Hall–Kier alpha value is -2.99. The van der Waals surface area contributed by atoms with E-state index in [1.165, 1.54) is 0 Å². The second kappa shape index (κ2) is 7.27. The molecule has 0 aliphatic carbocycles. The van der Waals surface area contributed by atoms with E-state index in [0.717, 1.165) is 49.0 Å². The number of nitrogens with zero attached hydrogens (tertiary/aromatic N) is 5. The maximum absolute atomic E-state index is 5.45. The number of ether oxygens (including phenoxy) is 1. The summed E-state index contributed by atoms with van der Waals surface area (Å²) in [4.78, 5) is 2.26. The van der Waals surface area contributed by atoms with Crippen molar-refractivity contribution in [2.24, 2.45) is 0 Å². The van der Waals surface area contributed by atoms with Gasteiger partial charge in [0.2, 0.25) is 0 Å². The van der Waals surface area contributed by atoms with Crippen LogP contribution >= 0.6 is 0 Å². The lowest BCUT2D eigenvalue weighted by molar-refractivity contribution is 0.0596. The van der Waals surface area contributed by atoms with Gasteiger partial charge < -0.3 is 9.64 Å². The van der Waals surface area contributed by atoms with E-state index >= 15 is 0 Å². The summed E-state index contributed by atoms with van der Waals surface area (Å²) in [7, 11) is 0. The van der Waals surface area contributed by atoms with Crippen LogP contribution in [0, 0.1) is 0 Å². The van der Waals surface area contributed by atoms with Crippen molar-refractivity contribution < 1.29 is 4.74 Å². The maximum Gasteiger partial charge on any atom is 0.189 e. The average Bonchev–Trinajstić information content (AvgIpc) is 3.18. The van der Waals surface area contributed by atoms with Crippen LogP contribution in [-0.2, 0) is 4.74 Å². The quantitative estimate of drug-likeness (QED) is 0.734. The number of para-hydroxylation sites is 1. The van der Waals surface area contributed by atoms with Gasteiger partial charge in [0.1, 0.15) is 0 Å². The van der Waals surface area contributed by atoms with Crippen LogP contribution in [0.3, 0.4) is 0 Å². The molecule has 0 bridgehead atoms. The predicted molar refractivity (Wildman–Crippen MR) is 95.1 cm³/mol. The van der Waals surface area contributed by atoms with E-state index in [1.807, 2.05) is 48.5 Å². The van der Waals surface area contributed by atoms with Gasteiger partial charge in [0.05, 0.1) is 18.9 Å². The summed E-state index contributed by atoms with van der Waals surface area (Å²) < 4.78 is 7.23. The van der Waals surface area contributed by atoms with Gasteiger partial charge in [-0.1, -0.05) is 48.5 Å². The number of aromatic nitrogens is 4. The molecule has 1 aromatic heterocycles. The molecule has 126 valence electrons. The monoisotopic (exact) mass is 333 g/mol. The Morgan fingerprint density at radius 1 is 0.920 bits per heavy atom. The Morgan fingerprint density at radius 3 is 2.32 bits per heavy atom. The zero-order chi connectivity index (χ0) is 16.9. The second-order valence-corrected chi connectivity index (χ2v) is 5.81. The summed E-state index contributed by atoms with van der Waals surface area (Å²) in [5.41, 5.74) is 3.02. The first kappa shape index (κ1) is 15.5. The highest BCUT2D eigenvalue weighted by Crippen LogP contribution is 2.24. The Kier molecular flexibility index (Phi) is 4.52. The van der Waals surface area contributed by atoms with E-state index in [4.69, 9.17) is 4.74 Å². The van der Waals surface area contributed by atoms with Crippen LogP contribution in [0.2, 0.25) is 0 Å². The van der Waals surface area contributed by atoms with Crippen molar-refractivity contribution in [2.75, 3.05) is 26.3 Å². The molecule has 0 saturated carbocycles. The molecule has 1 fully saturated rings. The van der Waals surface area contributed by atoms with E-state index in [1.54, 1.807) is 4.68 Å². The molecule has 2 aromatic carbocycles. The zero-order valence-corrected chi connectivity index (χ0v) is 13.8. The van der Waals surface area contributed by atoms with Crippen molar-refractivity contribution in [3.05, 3.63) is 78.3 Å². The first-order chi connectivity index (χ1) is 12.4. The first-order valence-electron chi connectivity index (χ1n) is 8.35. The molecule has 25 heavy (non-hydrogen) atoms. The molecule has 0 N–H and O–H groups in total. The van der Waals surface area contributed by atoms with Crippen LogP contribution in [0.4, 0.5) is 0 Å². The average molecular weight is 333 g/mol. The molecule has 0 atom stereocenters. The molecule has 1 aliphatic heterocycles. The largest absolute Gasteiger partial charge is 0.378 e. The number of hydrogen-bond donors (Lipinski definition) is 0. The lowest BCUT2D eigenvalue weighted by Gasteiger charge is -2.26. The molecule has 4 rings (SSSR count). The lowest BCUT2D eigenvalue weighted by Crippen LogP contribution is -2.32. The first-order valence-corrected chi connectivity index (χ1v) is 8.35. The van der Waals surface area contributed by atoms with E-state index in [9.17, 15) is 0 Å². The topological polar surface area (TPSA) is 56.1 Å². The Labute approximate surface area is 146 Å². The normalized spacial score (nSPS) is 15.4. The summed E-state index contributed by atoms with van der Waals surface area (Å²) >= 11 is 0. The van der Waals surface area contributed by atoms with E-state index < -0.39 is 0 Å². The van der Waals surface area contributed by atoms with Gasteiger partial charge in [-0.05, 0) is 28.1 Å². The summed E-state index contributed by atoms with van der Waals surface area (Å²) in [5, 5.41) is 12.4. The third kappa shape index (κ3) is 3.44. The number of tetrazole rings is 1. The molecular weight excluding hydrogens is 314 g/mol. The molecular formula is C19H19N5O. The Morgan fingerprint density at radius 2 is 1.60 bits per heavy atom. The fourth-order valence-electron chi connectivity index (χ4n) is 2.87. The van der Waals surface area contributed by atoms with Gasteiger partial charge in [-0.3, -0.25) is 0 Å². The summed E-state index contributed by atoms with van der Waals surface area (Å²) in [6, 6.07) is 20.2. The van der Waals surface area contributed by atoms with E-state index in [0.29, 0.717) is 0 Å². The van der Waals surface area contributed by atoms with Crippen molar-refractivity contribution in [2.45, 2.75) is 0 Å². The molecule has 0 unspecified atom stereocenters. The van der Waals surface area contributed by atoms with Crippen molar-refractivity contribution in [1.82, 2.24) is 25.1 Å². The van der Waals surface area contributed by atoms with Crippen molar-refractivity contribution in [3.8, 4) is 5.69 Å². The zero-order valence-electron chi connectivity index (χ0n) is 13.8. The van der Waals surface area contributed by atoms with Crippen LogP contribution in [0.15, 0.2) is 66.9 Å². The fraction of sp³-hybridized carbons (Fsp3) is 0.211. The van der Waals surface area contributed by atoms with Crippen LogP contribution in [0.25, 0.3) is 11.3 Å². The summed E-state index contributed by atoms with van der Waals surface area (Å²) in [6.45, 7) is 3.21. The number of rotatable bonds is 4. The highest BCUT2D eigenvalue weighted by Gasteiger charge is 2.17. The third-order valence-corrected chi connectivity index (χ3v) is 4.15. The van der Waals surface area contributed by atoms with Crippen molar-refractivity contribution in [3.63, 3.8) is 0 Å². The SMILES string of the molecule is C(=C(/c1ccccc1)c1nnnn1-c1ccccc1)/N1CCOCC1. The molecule has 6 nitrogen and oxygen atoms in total. The summed E-state index contributed by atoms with van der Waals surface area (Å²) in [5.74, 6) is 0.726. The van der Waals surface area contributed by atoms with Gasteiger partial charge in [-0.25, -0.2) is 0 Å². The molecule has 0 spiro atoms. The van der Waals surface area contributed by atoms with Gasteiger partial charge in [-0.2, -0.15) is 4.68 Å². The van der Waals surface area contributed by atoms with Gasteiger partial charge >= 0.3 is 0 Å². The van der Waals surface area contributed by atoms with Gasteiger partial charge in [0, 0.05) is 24.9 Å². The fourth-order valence-corrected chi connectivity index (χ4v) is 2.87. The molecule has 0 amide bonds. The third-order valence-electron chi connectivity index (χ3n) is 4.15. The Balaban J connectivity index is 1.80. The second-order valence-electron chi connectivity index (χ2n) is 5.81. The smallest absolute Gasteiger partial charge is 0.189 e. The summed E-state index contributed by atoms with van der Waals surface area (Å²) in [6.07, 6.45) is 2.14. The lowest BCUT2D eigenvalue weighted by atomic mass is 10.1. The van der Waals surface area contributed by atoms with Gasteiger partial charge in [0.15, 0.2) is 5.82 Å². The Bertz CT molecular complexity index is 839. The van der Waals surface area contributed by atoms with Crippen molar-refractivity contribution >= 4 is 5.57 Å². The van der Waals surface area contributed by atoms with E-state index in [-0.39, 0.29) is 0 Å². The van der Waals surface area contributed by atoms with Crippen LogP contribution < -0.4 is 0 Å². The highest BCUT2D eigenvalue weighted by molar-refractivity contribution is 5.76. The molecule has 6 heteroatoms. The number of hydrogen-bond acceptors (Lipinski definition) is 5. The van der Waals surface area contributed by atoms with Gasteiger partial charge in [-0.15, -0.1) is 5.10 Å². The minimum absolute atomic E-state index is 0.726. The molecule has 3 aromatic rings. The molecule has 2 heterocycles. The van der Waals surface area contributed by atoms with Crippen molar-refractivity contribution in [1.29, 1.82) is 0 Å². The molecule has 1 saturated heterocycles. The minimum atomic E-state index is 0.726. The number of morpholine rings is 1. The van der Waals surface area contributed by atoms with E-state index in [2.05, 4.69) is 38.8 Å². The van der Waals surface area contributed by atoms with Gasteiger partial charge in [0.25, 0.3) is 0 Å². The van der Waals surface area contributed by atoms with Crippen LogP contribution in [0.5, 0.6) is 0 Å². The standard InChI is InChI=1S/C19H19N5O/c1-3-7-16(8-4-1)18(15-23-11-13-25-14-12-23)19-20-21-22-24(19)17-9-5-2-6-10-17/h1-10,15H,11-14H2/b18-15+. The molecule has 1 aliphatic rings.